The van der Waals surface area contributed by atoms with Gasteiger partial charge in [0.15, 0.2) is 4.20 Å². The van der Waals surface area contributed by atoms with Crippen molar-refractivity contribution in [3.8, 4) is 12.1 Å². The van der Waals surface area contributed by atoms with Crippen LogP contribution in [0.2, 0.25) is 0 Å². The van der Waals surface area contributed by atoms with E-state index in [0.717, 1.165) is 50.0 Å². The molecule has 1 heterocycles. The van der Waals surface area contributed by atoms with Gasteiger partial charge in [0, 0.05) is 11.8 Å². The molecule has 0 aromatic carbocycles. The largest absolute Gasteiger partial charge is 0.386 e. The second-order valence-electron chi connectivity index (χ2n) is 7.50. The highest BCUT2D eigenvalue weighted by atomic mass is 32.2. The summed E-state index contributed by atoms with van der Waals surface area (Å²) in [6, 6.07) is 5.20. The number of fused-ring (bicyclic) bond motifs is 1. The van der Waals surface area contributed by atoms with Crippen molar-refractivity contribution >= 4 is 29.4 Å². The molecule has 1 aliphatic heterocycles. The molecule has 0 aromatic rings. The third-order valence-corrected chi connectivity index (χ3v) is 9.51. The first-order valence-electron chi connectivity index (χ1n) is 9.73. The molecule has 2 N–H and O–H groups in total. The Balaban J connectivity index is 2.13. The molecule has 4 atom stereocenters. The second kappa shape index (κ2) is 7.49. The third kappa shape index (κ3) is 2.38. The Bertz CT molecular complexity index is 679. The zero-order chi connectivity index (χ0) is 18.8. The summed E-state index contributed by atoms with van der Waals surface area (Å²) in [5, 5.41) is 20.8. The van der Waals surface area contributed by atoms with E-state index in [1.165, 1.54) is 0 Å². The SMILES string of the molecule is CCCCSC1(SCCCC)N=C(N)[C@@]2(C#N)[C@@H]3C=C[C@H](CC3)[C@]12C#N. The third-order valence-electron chi connectivity index (χ3n) is 6.21. The maximum Gasteiger partial charge on any atom is 0.175 e. The van der Waals surface area contributed by atoms with Crippen LogP contribution >= 0.6 is 23.5 Å². The maximum atomic E-state index is 10.5. The second-order valence-corrected chi connectivity index (χ2v) is 10.3. The standard InChI is InChI=1S/C20H28N4S2/c1-3-5-11-25-20(26-12-6-4-2)19(14-22)16-9-7-15(8-10-16)18(19,13-21)17(23)24-20/h7,9,15-16H,3-6,8,10-12H2,1-2H3,(H2,23,24)/t15-,16-,18-,19+/m1/s1. The smallest absolute Gasteiger partial charge is 0.175 e. The summed E-state index contributed by atoms with van der Waals surface area (Å²) < 4.78 is -0.667. The number of thioether (sulfide) groups is 2. The molecule has 0 aromatic heterocycles. The zero-order valence-corrected chi connectivity index (χ0v) is 17.3. The van der Waals surface area contributed by atoms with E-state index in [0.29, 0.717) is 5.84 Å². The van der Waals surface area contributed by atoms with Crippen LogP contribution in [0.25, 0.3) is 0 Å². The van der Waals surface area contributed by atoms with Gasteiger partial charge < -0.3 is 5.73 Å². The molecule has 6 heteroatoms. The van der Waals surface area contributed by atoms with Crippen molar-refractivity contribution in [2.24, 2.45) is 33.4 Å². The Morgan fingerprint density at radius 1 is 1.08 bits per heavy atom. The fourth-order valence-corrected chi connectivity index (χ4v) is 8.60. The molecule has 26 heavy (non-hydrogen) atoms. The lowest BCUT2D eigenvalue weighted by Gasteiger charge is -2.56. The first-order valence-corrected chi connectivity index (χ1v) is 11.7. The molecule has 1 fully saturated rings. The molecule has 4 rings (SSSR count). The van der Waals surface area contributed by atoms with Crippen molar-refractivity contribution in [1.29, 1.82) is 10.5 Å². The molecule has 0 spiro atoms. The zero-order valence-electron chi connectivity index (χ0n) is 15.7. The molecule has 140 valence electrons. The maximum absolute atomic E-state index is 10.5. The number of nitrogens with zero attached hydrogens (tertiary/aromatic N) is 3. The lowest BCUT2D eigenvalue weighted by molar-refractivity contribution is 0.0566. The number of hydrogen-bond donors (Lipinski definition) is 1. The normalized spacial score (nSPS) is 36.2. The average Bonchev–Trinajstić information content (AvgIpc) is 2.91. The van der Waals surface area contributed by atoms with Gasteiger partial charge in [-0.3, -0.25) is 0 Å². The van der Waals surface area contributed by atoms with Gasteiger partial charge in [-0.25, -0.2) is 4.99 Å². The molecule has 1 saturated carbocycles. The minimum Gasteiger partial charge on any atom is -0.386 e. The summed E-state index contributed by atoms with van der Waals surface area (Å²) in [5.41, 5.74) is 4.64. The van der Waals surface area contributed by atoms with Crippen molar-refractivity contribution in [2.75, 3.05) is 11.5 Å². The molecule has 3 aliphatic carbocycles. The molecular weight excluding hydrogens is 360 g/mol. The fraction of sp³-hybridized carbons (Fsp3) is 0.750. The van der Waals surface area contributed by atoms with Crippen molar-refractivity contribution in [1.82, 2.24) is 0 Å². The summed E-state index contributed by atoms with van der Waals surface area (Å²) in [5.74, 6) is 2.33. The first kappa shape index (κ1) is 19.6. The van der Waals surface area contributed by atoms with E-state index in [-0.39, 0.29) is 11.8 Å². The Labute approximate surface area is 165 Å². The molecule has 0 radical (unpaired) electrons. The van der Waals surface area contributed by atoms with Crippen molar-refractivity contribution in [3.63, 3.8) is 0 Å². The van der Waals surface area contributed by atoms with E-state index in [1.54, 1.807) is 23.5 Å². The summed E-state index contributed by atoms with van der Waals surface area (Å²) in [6.07, 6.45) is 10.6. The first-order chi connectivity index (χ1) is 12.6. The highest BCUT2D eigenvalue weighted by molar-refractivity contribution is 8.18. The summed E-state index contributed by atoms with van der Waals surface area (Å²) in [4.78, 5) is 4.97. The van der Waals surface area contributed by atoms with Crippen molar-refractivity contribution in [3.05, 3.63) is 12.2 Å². The van der Waals surface area contributed by atoms with Crippen LogP contribution in [0.3, 0.4) is 0 Å². The van der Waals surface area contributed by atoms with E-state index in [9.17, 15) is 10.5 Å². The predicted octanol–water partition coefficient (Wildman–Crippen LogP) is 4.69. The summed E-state index contributed by atoms with van der Waals surface area (Å²) in [6.45, 7) is 4.35. The number of nitrogens with two attached hydrogens (primary N) is 1. The highest BCUT2D eigenvalue weighted by Gasteiger charge is 2.78. The summed E-state index contributed by atoms with van der Waals surface area (Å²) in [7, 11) is 0. The van der Waals surface area contributed by atoms with E-state index in [2.05, 4.69) is 38.1 Å². The van der Waals surface area contributed by atoms with Gasteiger partial charge >= 0.3 is 0 Å². The topological polar surface area (TPSA) is 86.0 Å². The van der Waals surface area contributed by atoms with Crippen LogP contribution in [0, 0.1) is 45.3 Å². The molecule has 4 aliphatic rings. The molecule has 0 amide bonds. The number of allylic oxidation sites excluding steroid dienone is 2. The Morgan fingerprint density at radius 3 is 2.12 bits per heavy atom. The molecule has 4 nitrogen and oxygen atoms in total. The quantitative estimate of drug-likeness (QED) is 0.370. The van der Waals surface area contributed by atoms with Crippen molar-refractivity contribution in [2.45, 2.75) is 56.6 Å². The lowest BCUT2D eigenvalue weighted by atomic mass is 9.46. The Morgan fingerprint density at radius 2 is 1.65 bits per heavy atom. The van der Waals surface area contributed by atoms with Crippen LogP contribution in [0.1, 0.15) is 52.4 Å². The van der Waals surface area contributed by atoms with Gasteiger partial charge in [-0.15, -0.1) is 23.5 Å². The van der Waals surface area contributed by atoms with Gasteiger partial charge in [0.2, 0.25) is 0 Å². The van der Waals surface area contributed by atoms with E-state index >= 15 is 0 Å². The number of aliphatic imine (C=N–C) groups is 1. The Hall–Kier alpha value is -1.11. The molecule has 0 saturated heterocycles. The highest BCUT2D eigenvalue weighted by Crippen LogP contribution is 2.73. The number of amidine groups is 1. The van der Waals surface area contributed by atoms with Gasteiger partial charge in [-0.1, -0.05) is 38.8 Å². The molecular formula is C20H28N4S2. The average molecular weight is 389 g/mol. The van der Waals surface area contributed by atoms with E-state index in [1.807, 2.05) is 0 Å². The monoisotopic (exact) mass is 388 g/mol. The molecule has 0 unspecified atom stereocenters. The van der Waals surface area contributed by atoms with E-state index < -0.39 is 15.0 Å². The van der Waals surface area contributed by atoms with Crippen molar-refractivity contribution < 1.29 is 0 Å². The van der Waals surface area contributed by atoms with Crippen LogP contribution in [-0.4, -0.2) is 21.5 Å². The van der Waals surface area contributed by atoms with Gasteiger partial charge in [-0.05, 0) is 37.2 Å². The summed E-state index contributed by atoms with van der Waals surface area (Å²) >= 11 is 3.52. The van der Waals surface area contributed by atoms with Crippen LogP contribution in [0.15, 0.2) is 17.1 Å². The van der Waals surface area contributed by atoms with Gasteiger partial charge in [0.25, 0.3) is 0 Å². The van der Waals surface area contributed by atoms with Crippen LogP contribution in [0.5, 0.6) is 0 Å². The van der Waals surface area contributed by atoms with Gasteiger partial charge in [0.1, 0.15) is 16.7 Å². The van der Waals surface area contributed by atoms with Crippen LogP contribution in [0.4, 0.5) is 0 Å². The number of hydrogen-bond acceptors (Lipinski definition) is 6. The number of nitriles is 2. The Kier molecular flexibility index (Phi) is 5.66. The van der Waals surface area contributed by atoms with Gasteiger partial charge in [-0.2, -0.15) is 10.5 Å². The number of rotatable bonds is 8. The minimum absolute atomic E-state index is 0.00123. The number of unbranched alkanes of at least 4 members (excludes halogenated alkanes) is 2. The van der Waals surface area contributed by atoms with Crippen LogP contribution < -0.4 is 5.73 Å². The van der Waals surface area contributed by atoms with Crippen LogP contribution in [-0.2, 0) is 0 Å². The van der Waals surface area contributed by atoms with Gasteiger partial charge in [0.05, 0.1) is 12.1 Å². The van der Waals surface area contributed by atoms with E-state index in [4.69, 9.17) is 10.7 Å². The fourth-order valence-electron chi connectivity index (χ4n) is 4.85. The molecule has 2 bridgehead atoms. The lowest BCUT2D eigenvalue weighted by Crippen LogP contribution is -2.62. The predicted molar refractivity (Wildman–Crippen MR) is 111 cm³/mol. The minimum atomic E-state index is -0.974.